The zero-order chi connectivity index (χ0) is 17.1. The molecule has 0 spiro atoms. The van der Waals surface area contributed by atoms with Crippen molar-refractivity contribution in [2.24, 2.45) is 0 Å². The number of methoxy groups -OCH3 is 1. The summed E-state index contributed by atoms with van der Waals surface area (Å²) in [6, 6.07) is 5.38. The number of nitriles is 1. The van der Waals surface area contributed by atoms with Gasteiger partial charge in [-0.1, -0.05) is 0 Å². The maximum atomic E-state index is 10.9. The molecule has 0 aromatic carbocycles. The molecular formula is C16H11N5O3. The Morgan fingerprint density at radius 1 is 1.33 bits per heavy atom. The zero-order valence-electron chi connectivity index (χ0n) is 12.5. The van der Waals surface area contributed by atoms with Crippen LogP contribution in [-0.4, -0.2) is 37.9 Å². The van der Waals surface area contributed by atoms with Crippen LogP contribution in [0.1, 0.15) is 15.9 Å². The minimum Gasteiger partial charge on any atom is -0.494 e. The van der Waals surface area contributed by atoms with Gasteiger partial charge >= 0.3 is 5.97 Å². The van der Waals surface area contributed by atoms with Gasteiger partial charge in [-0.05, 0) is 6.07 Å². The maximum Gasteiger partial charge on any atom is 0.338 e. The third-order valence-corrected chi connectivity index (χ3v) is 3.37. The van der Waals surface area contributed by atoms with E-state index in [9.17, 15) is 10.1 Å². The Morgan fingerprint density at radius 3 is 2.83 bits per heavy atom. The lowest BCUT2D eigenvalue weighted by atomic mass is 10.0. The fraction of sp³-hybridized carbons (Fsp3) is 0.0625. The first-order valence-corrected chi connectivity index (χ1v) is 6.81. The second-order valence-electron chi connectivity index (χ2n) is 4.75. The van der Waals surface area contributed by atoms with Gasteiger partial charge in [-0.3, -0.25) is 4.98 Å². The van der Waals surface area contributed by atoms with E-state index in [2.05, 4.69) is 21.1 Å². The summed E-state index contributed by atoms with van der Waals surface area (Å²) in [5, 5.41) is 22.3. The number of aromatic nitrogens is 4. The average Bonchev–Trinajstić information content (AvgIpc) is 3.11. The molecule has 8 nitrogen and oxygen atoms in total. The van der Waals surface area contributed by atoms with Gasteiger partial charge in [0.25, 0.3) is 0 Å². The van der Waals surface area contributed by atoms with Crippen LogP contribution in [0.4, 0.5) is 0 Å². The van der Waals surface area contributed by atoms with Crippen LogP contribution in [0.15, 0.2) is 43.1 Å². The van der Waals surface area contributed by atoms with E-state index < -0.39 is 5.97 Å². The molecule has 1 N–H and O–H groups in total. The zero-order valence-corrected chi connectivity index (χ0v) is 12.5. The molecular weight excluding hydrogens is 310 g/mol. The van der Waals surface area contributed by atoms with Crippen LogP contribution in [0.2, 0.25) is 0 Å². The smallest absolute Gasteiger partial charge is 0.338 e. The molecule has 24 heavy (non-hydrogen) atoms. The van der Waals surface area contributed by atoms with Gasteiger partial charge in [-0.15, -0.1) is 0 Å². The topological polar surface area (TPSA) is 114 Å². The Labute approximate surface area is 136 Å². The van der Waals surface area contributed by atoms with Gasteiger partial charge in [0.15, 0.2) is 5.82 Å². The van der Waals surface area contributed by atoms with E-state index in [1.807, 2.05) is 0 Å². The number of hydrogen-bond acceptors (Lipinski definition) is 6. The fourth-order valence-electron chi connectivity index (χ4n) is 2.20. The number of hydrogen-bond donors (Lipinski definition) is 1. The average molecular weight is 321 g/mol. The maximum absolute atomic E-state index is 10.9. The van der Waals surface area contributed by atoms with E-state index in [1.165, 1.54) is 36.4 Å². The first-order chi connectivity index (χ1) is 11.6. The second-order valence-corrected chi connectivity index (χ2v) is 4.75. The third-order valence-electron chi connectivity index (χ3n) is 3.37. The fourth-order valence-corrected chi connectivity index (χ4v) is 2.20. The number of pyridine rings is 2. The van der Waals surface area contributed by atoms with Gasteiger partial charge in [0.05, 0.1) is 36.7 Å². The molecule has 3 aromatic heterocycles. The summed E-state index contributed by atoms with van der Waals surface area (Å²) >= 11 is 0. The Bertz CT molecular complexity index is 958. The Hall–Kier alpha value is -3.73. The van der Waals surface area contributed by atoms with Crippen molar-refractivity contribution in [1.29, 1.82) is 5.26 Å². The predicted octanol–water partition coefficient (Wildman–Crippen LogP) is 1.91. The van der Waals surface area contributed by atoms with Crippen LogP contribution >= 0.6 is 0 Å². The highest BCUT2D eigenvalue weighted by molar-refractivity contribution is 5.87. The van der Waals surface area contributed by atoms with Crippen LogP contribution in [0.25, 0.3) is 16.9 Å². The summed E-state index contributed by atoms with van der Waals surface area (Å²) in [6.45, 7) is 0. The van der Waals surface area contributed by atoms with Gasteiger partial charge in [-0.25, -0.2) is 14.5 Å². The van der Waals surface area contributed by atoms with E-state index >= 15 is 0 Å². The molecule has 0 saturated carbocycles. The summed E-state index contributed by atoms with van der Waals surface area (Å²) < 4.78 is 6.56. The molecule has 8 heteroatoms. The largest absolute Gasteiger partial charge is 0.494 e. The monoisotopic (exact) mass is 321 g/mol. The number of carbonyl (C=O) groups is 1. The molecule has 0 aliphatic rings. The number of carboxylic acid groups (broad SMARTS) is 1. The normalized spacial score (nSPS) is 10.2. The molecule has 0 amide bonds. The quantitative estimate of drug-likeness (QED) is 0.780. The number of nitrogens with zero attached hydrogens (tertiary/aromatic N) is 5. The Kier molecular flexibility index (Phi) is 3.91. The van der Waals surface area contributed by atoms with Gasteiger partial charge in [-0.2, -0.15) is 10.4 Å². The summed E-state index contributed by atoms with van der Waals surface area (Å²) in [7, 11) is 1.52. The highest BCUT2D eigenvalue weighted by Gasteiger charge is 2.14. The highest BCUT2D eigenvalue weighted by atomic mass is 16.5. The standard InChI is InChI=1S/C16H11N5O3/c1-24-14-8-18-3-2-12(14)13-7-19-15(4-10(13)5-17)21-9-11(6-20-21)16(22)23/h2-4,6-9H,1H3,(H,22,23). The van der Waals surface area contributed by atoms with Gasteiger partial charge in [0, 0.05) is 35.8 Å². The molecule has 0 radical (unpaired) electrons. The van der Waals surface area contributed by atoms with Crippen molar-refractivity contribution >= 4 is 5.97 Å². The van der Waals surface area contributed by atoms with E-state index in [-0.39, 0.29) is 5.56 Å². The van der Waals surface area contributed by atoms with E-state index in [0.29, 0.717) is 28.3 Å². The first-order valence-electron chi connectivity index (χ1n) is 6.81. The number of aromatic carboxylic acids is 1. The number of ether oxygens (including phenoxy) is 1. The Balaban J connectivity index is 2.08. The lowest BCUT2D eigenvalue weighted by Crippen LogP contribution is -2.01. The van der Waals surface area contributed by atoms with Crippen molar-refractivity contribution in [1.82, 2.24) is 19.7 Å². The van der Waals surface area contributed by atoms with Crippen molar-refractivity contribution in [3.63, 3.8) is 0 Å². The van der Waals surface area contributed by atoms with Crippen molar-refractivity contribution in [3.8, 4) is 28.8 Å². The molecule has 0 aliphatic heterocycles. The molecule has 3 rings (SSSR count). The molecule has 0 bridgehead atoms. The van der Waals surface area contributed by atoms with Gasteiger partial charge in [0.2, 0.25) is 0 Å². The minimum atomic E-state index is -1.08. The summed E-state index contributed by atoms with van der Waals surface area (Å²) in [4.78, 5) is 19.2. The second kappa shape index (κ2) is 6.18. The predicted molar refractivity (Wildman–Crippen MR) is 82.8 cm³/mol. The van der Waals surface area contributed by atoms with Crippen LogP contribution < -0.4 is 4.74 Å². The lowest BCUT2D eigenvalue weighted by Gasteiger charge is -2.10. The number of carboxylic acids is 1. The molecule has 3 heterocycles. The third kappa shape index (κ3) is 2.66. The van der Waals surface area contributed by atoms with E-state index in [4.69, 9.17) is 9.84 Å². The van der Waals surface area contributed by atoms with Crippen LogP contribution in [0, 0.1) is 11.3 Å². The highest BCUT2D eigenvalue weighted by Crippen LogP contribution is 2.31. The minimum absolute atomic E-state index is 0.0372. The lowest BCUT2D eigenvalue weighted by molar-refractivity contribution is 0.0697. The molecule has 3 aromatic rings. The van der Waals surface area contributed by atoms with E-state index in [0.717, 1.165) is 0 Å². The van der Waals surface area contributed by atoms with Crippen molar-refractivity contribution in [3.05, 3.63) is 54.2 Å². The Morgan fingerprint density at radius 2 is 2.17 bits per heavy atom. The van der Waals surface area contributed by atoms with Crippen LogP contribution in [0.5, 0.6) is 5.75 Å². The number of rotatable bonds is 4. The summed E-state index contributed by atoms with van der Waals surface area (Å²) in [5.41, 5.74) is 1.67. The van der Waals surface area contributed by atoms with Crippen LogP contribution in [-0.2, 0) is 0 Å². The van der Waals surface area contributed by atoms with Crippen molar-refractivity contribution in [2.45, 2.75) is 0 Å². The molecule has 0 unspecified atom stereocenters. The van der Waals surface area contributed by atoms with Gasteiger partial charge in [0.1, 0.15) is 5.75 Å². The molecule has 0 atom stereocenters. The first kappa shape index (κ1) is 15.2. The van der Waals surface area contributed by atoms with Gasteiger partial charge < -0.3 is 9.84 Å². The molecule has 0 aliphatic carbocycles. The van der Waals surface area contributed by atoms with Crippen molar-refractivity contribution in [2.75, 3.05) is 7.11 Å². The molecule has 118 valence electrons. The molecule has 0 saturated heterocycles. The SMILES string of the molecule is COc1cnccc1-c1cnc(-n2cc(C(=O)O)cn2)cc1C#N. The molecule has 0 fully saturated rings. The van der Waals surface area contributed by atoms with E-state index in [1.54, 1.807) is 18.5 Å². The summed E-state index contributed by atoms with van der Waals surface area (Å²) in [5.74, 6) is -0.216. The van der Waals surface area contributed by atoms with Crippen LogP contribution in [0.3, 0.4) is 0 Å². The summed E-state index contributed by atoms with van der Waals surface area (Å²) in [6.07, 6.45) is 7.22. The van der Waals surface area contributed by atoms with Crippen molar-refractivity contribution < 1.29 is 14.6 Å².